The SMILES string of the molecule is CCOC(=O)n1cc(NC(=O)CCNc2nccc3ccc(C4C=NN(C)C4C)cc23)nc1C. The van der Waals surface area contributed by atoms with Gasteiger partial charge in [-0.05, 0) is 43.9 Å². The van der Waals surface area contributed by atoms with Gasteiger partial charge in [-0.3, -0.25) is 9.80 Å². The zero-order chi connectivity index (χ0) is 24.2. The molecular formula is C24H29N7O3. The Labute approximate surface area is 198 Å². The molecule has 0 saturated carbocycles. The molecule has 0 spiro atoms. The van der Waals surface area contributed by atoms with Crippen molar-refractivity contribution in [2.24, 2.45) is 5.10 Å². The van der Waals surface area contributed by atoms with Crippen molar-refractivity contribution >= 4 is 40.6 Å². The van der Waals surface area contributed by atoms with E-state index in [1.807, 2.05) is 24.3 Å². The number of ether oxygens (including phenoxy) is 1. The third-order valence-electron chi connectivity index (χ3n) is 5.95. The fraction of sp³-hybridized carbons (Fsp3) is 0.375. The van der Waals surface area contributed by atoms with E-state index in [0.29, 0.717) is 18.2 Å². The van der Waals surface area contributed by atoms with E-state index in [1.54, 1.807) is 20.0 Å². The van der Waals surface area contributed by atoms with Crippen LogP contribution in [0.15, 0.2) is 41.8 Å². The monoisotopic (exact) mass is 463 g/mol. The van der Waals surface area contributed by atoms with Gasteiger partial charge in [0.25, 0.3) is 0 Å². The van der Waals surface area contributed by atoms with Crippen molar-refractivity contribution in [3.63, 3.8) is 0 Å². The van der Waals surface area contributed by atoms with Crippen LogP contribution >= 0.6 is 0 Å². The van der Waals surface area contributed by atoms with Gasteiger partial charge in [-0.25, -0.2) is 19.3 Å². The van der Waals surface area contributed by atoms with Crippen LogP contribution in [0.4, 0.5) is 16.4 Å². The van der Waals surface area contributed by atoms with Gasteiger partial charge in [-0.1, -0.05) is 12.1 Å². The van der Waals surface area contributed by atoms with E-state index in [2.05, 4.69) is 50.8 Å². The number of hydrogen-bond donors (Lipinski definition) is 2. The number of nitrogens with zero attached hydrogens (tertiary/aromatic N) is 5. The Balaban J connectivity index is 1.39. The second-order valence-electron chi connectivity index (χ2n) is 8.21. The van der Waals surface area contributed by atoms with Crippen LogP contribution in [0.25, 0.3) is 10.8 Å². The van der Waals surface area contributed by atoms with Gasteiger partial charge >= 0.3 is 6.09 Å². The normalized spacial score (nSPS) is 17.2. The molecule has 2 unspecified atom stereocenters. The molecule has 1 amide bonds. The number of aromatic nitrogens is 3. The number of nitrogens with one attached hydrogen (secondary N) is 2. The van der Waals surface area contributed by atoms with Crippen LogP contribution in [0.2, 0.25) is 0 Å². The van der Waals surface area contributed by atoms with Crippen molar-refractivity contribution in [3.05, 3.63) is 48.0 Å². The fourth-order valence-corrected chi connectivity index (χ4v) is 3.95. The van der Waals surface area contributed by atoms with E-state index in [4.69, 9.17) is 4.74 Å². The Morgan fingerprint density at radius 2 is 2.06 bits per heavy atom. The molecule has 178 valence electrons. The lowest BCUT2D eigenvalue weighted by molar-refractivity contribution is -0.116. The van der Waals surface area contributed by atoms with Crippen molar-refractivity contribution in [2.75, 3.05) is 30.8 Å². The maximum absolute atomic E-state index is 12.4. The maximum atomic E-state index is 12.4. The lowest BCUT2D eigenvalue weighted by atomic mass is 9.92. The number of aryl methyl sites for hydroxylation is 1. The van der Waals surface area contributed by atoms with Crippen molar-refractivity contribution in [1.82, 2.24) is 19.5 Å². The molecule has 0 aliphatic carbocycles. The fourth-order valence-electron chi connectivity index (χ4n) is 3.95. The zero-order valence-electron chi connectivity index (χ0n) is 19.8. The van der Waals surface area contributed by atoms with Crippen molar-refractivity contribution in [3.8, 4) is 0 Å². The molecule has 2 N–H and O–H groups in total. The van der Waals surface area contributed by atoms with E-state index >= 15 is 0 Å². The molecule has 1 aliphatic heterocycles. The number of likely N-dealkylation sites (N-methyl/N-ethyl adjacent to an activating group) is 1. The molecule has 10 nitrogen and oxygen atoms in total. The Kier molecular flexibility index (Phi) is 6.76. The Morgan fingerprint density at radius 3 is 2.79 bits per heavy atom. The molecule has 2 aromatic heterocycles. The molecule has 4 rings (SSSR count). The molecule has 0 radical (unpaired) electrons. The highest BCUT2D eigenvalue weighted by atomic mass is 16.5. The van der Waals surface area contributed by atoms with Gasteiger partial charge in [0, 0.05) is 43.7 Å². The number of pyridine rings is 1. The van der Waals surface area contributed by atoms with E-state index < -0.39 is 6.09 Å². The first-order valence-corrected chi connectivity index (χ1v) is 11.3. The van der Waals surface area contributed by atoms with Gasteiger partial charge in [-0.2, -0.15) is 5.10 Å². The Hall–Kier alpha value is -3.95. The molecule has 1 aliphatic rings. The Morgan fingerprint density at radius 1 is 1.24 bits per heavy atom. The topological polar surface area (TPSA) is 114 Å². The number of rotatable bonds is 7. The summed E-state index contributed by atoms with van der Waals surface area (Å²) in [6.45, 7) is 6.21. The number of benzene rings is 1. The molecule has 10 heteroatoms. The molecule has 34 heavy (non-hydrogen) atoms. The minimum Gasteiger partial charge on any atom is -0.449 e. The summed E-state index contributed by atoms with van der Waals surface area (Å²) in [6.07, 6.45) is 4.87. The Bertz CT molecular complexity index is 1240. The maximum Gasteiger partial charge on any atom is 0.419 e. The zero-order valence-corrected chi connectivity index (χ0v) is 19.8. The second kappa shape index (κ2) is 9.90. The predicted molar refractivity (Wildman–Crippen MR) is 131 cm³/mol. The number of amides is 1. The standard InChI is InChI=1S/C24H29N7O3/c1-5-34-24(33)31-14-21(28-16(31)3)29-22(32)9-11-26-23-19-12-18(7-6-17(19)8-10-25-23)20-13-27-30(4)15(20)2/h6-8,10,12-15,20H,5,9,11H2,1-4H3,(H,25,26)(H,29,32). The first-order valence-electron chi connectivity index (χ1n) is 11.3. The van der Waals surface area contributed by atoms with Gasteiger partial charge in [0.05, 0.1) is 18.8 Å². The van der Waals surface area contributed by atoms with Gasteiger partial charge in [0.1, 0.15) is 11.6 Å². The number of hydrazone groups is 1. The molecule has 0 bridgehead atoms. The van der Waals surface area contributed by atoms with Gasteiger partial charge in [-0.15, -0.1) is 0 Å². The highest BCUT2D eigenvalue weighted by Crippen LogP contribution is 2.30. The van der Waals surface area contributed by atoms with Crippen LogP contribution in [-0.2, 0) is 9.53 Å². The first kappa shape index (κ1) is 23.2. The van der Waals surface area contributed by atoms with Crippen LogP contribution in [0, 0.1) is 6.92 Å². The van der Waals surface area contributed by atoms with Crippen LogP contribution < -0.4 is 10.6 Å². The van der Waals surface area contributed by atoms with Crippen LogP contribution in [0.3, 0.4) is 0 Å². The molecule has 3 aromatic rings. The first-order chi connectivity index (χ1) is 16.4. The van der Waals surface area contributed by atoms with Crippen molar-refractivity contribution < 1.29 is 14.3 Å². The van der Waals surface area contributed by atoms with E-state index in [0.717, 1.165) is 16.6 Å². The summed E-state index contributed by atoms with van der Waals surface area (Å²) in [5, 5.41) is 14.4. The summed E-state index contributed by atoms with van der Waals surface area (Å²) in [5.41, 5.74) is 1.18. The molecule has 1 aromatic carbocycles. The molecule has 3 heterocycles. The summed E-state index contributed by atoms with van der Waals surface area (Å²) in [6, 6.07) is 8.61. The van der Waals surface area contributed by atoms with Crippen molar-refractivity contribution in [2.45, 2.75) is 39.2 Å². The number of imidazole rings is 1. The smallest absolute Gasteiger partial charge is 0.419 e. The predicted octanol–water partition coefficient (Wildman–Crippen LogP) is 3.59. The highest BCUT2D eigenvalue weighted by molar-refractivity contribution is 5.94. The number of carbonyl (C=O) groups is 2. The third-order valence-corrected chi connectivity index (χ3v) is 5.95. The molecule has 2 atom stereocenters. The summed E-state index contributed by atoms with van der Waals surface area (Å²) < 4.78 is 6.24. The van der Waals surface area contributed by atoms with Crippen LogP contribution in [0.5, 0.6) is 0 Å². The third kappa shape index (κ3) is 4.85. The summed E-state index contributed by atoms with van der Waals surface area (Å²) in [4.78, 5) is 33.0. The second-order valence-corrected chi connectivity index (χ2v) is 8.21. The average Bonchev–Trinajstić information content (AvgIpc) is 3.35. The van der Waals surface area contributed by atoms with E-state index in [1.165, 1.54) is 16.3 Å². The number of anilines is 2. The lowest BCUT2D eigenvalue weighted by Crippen LogP contribution is -2.24. The van der Waals surface area contributed by atoms with E-state index in [-0.39, 0.29) is 30.9 Å². The molecule has 0 fully saturated rings. The molecular weight excluding hydrogens is 434 g/mol. The highest BCUT2D eigenvalue weighted by Gasteiger charge is 2.26. The number of carbonyl (C=O) groups excluding carboxylic acids is 2. The molecule has 0 saturated heterocycles. The van der Waals surface area contributed by atoms with E-state index in [9.17, 15) is 9.59 Å². The minimum absolute atomic E-state index is 0.209. The summed E-state index contributed by atoms with van der Waals surface area (Å²) in [7, 11) is 1.98. The van der Waals surface area contributed by atoms with Gasteiger partial charge < -0.3 is 15.4 Å². The van der Waals surface area contributed by atoms with Crippen molar-refractivity contribution in [1.29, 1.82) is 0 Å². The summed E-state index contributed by atoms with van der Waals surface area (Å²) >= 11 is 0. The van der Waals surface area contributed by atoms with Gasteiger partial charge in [0.2, 0.25) is 5.91 Å². The largest absolute Gasteiger partial charge is 0.449 e. The number of hydrogen-bond acceptors (Lipinski definition) is 8. The minimum atomic E-state index is -0.527. The summed E-state index contributed by atoms with van der Waals surface area (Å²) in [5.74, 6) is 1.47. The number of fused-ring (bicyclic) bond motifs is 1. The quantitative estimate of drug-likeness (QED) is 0.550. The van der Waals surface area contributed by atoms with Gasteiger partial charge in [0.15, 0.2) is 5.82 Å². The van der Waals surface area contributed by atoms with Crippen LogP contribution in [-0.4, -0.2) is 64.0 Å². The lowest BCUT2D eigenvalue weighted by Gasteiger charge is -2.20. The average molecular weight is 464 g/mol. The van der Waals surface area contributed by atoms with Crippen LogP contribution in [0.1, 0.15) is 37.6 Å².